The maximum Gasteiger partial charge on any atom is 0.317 e. The minimum absolute atomic E-state index is 0.0417. The topological polar surface area (TPSA) is 97.1 Å². The Morgan fingerprint density at radius 1 is 1.00 bits per heavy atom. The zero-order valence-corrected chi connectivity index (χ0v) is 18.8. The monoisotopic (exact) mass is 424 g/mol. The molecule has 166 valence electrons. The normalized spacial score (nSPS) is 8.35. The van der Waals surface area contributed by atoms with Gasteiger partial charge in [-0.3, -0.25) is 9.59 Å². The summed E-state index contributed by atoms with van der Waals surface area (Å²) in [7, 11) is 1.59. The van der Waals surface area contributed by atoms with E-state index < -0.39 is 5.97 Å². The largest absolute Gasteiger partial charge is 0.480 e. The summed E-state index contributed by atoms with van der Waals surface area (Å²) < 4.78 is 1.68. The average molecular weight is 425 g/mol. The van der Waals surface area contributed by atoms with E-state index in [-0.39, 0.29) is 12.4 Å². The molecule has 0 amide bonds. The molecule has 0 spiro atoms. The average Bonchev–Trinajstić information content (AvgIpc) is 3.29. The second-order valence-corrected chi connectivity index (χ2v) is 4.95. The van der Waals surface area contributed by atoms with Crippen molar-refractivity contribution in [1.29, 1.82) is 0 Å². The van der Waals surface area contributed by atoms with Gasteiger partial charge in [0, 0.05) is 5.56 Å². The lowest BCUT2D eigenvalue weighted by atomic mass is 10.2. The van der Waals surface area contributed by atoms with E-state index in [1.54, 1.807) is 11.7 Å². The van der Waals surface area contributed by atoms with Crippen LogP contribution in [0.2, 0.25) is 0 Å². The van der Waals surface area contributed by atoms with Crippen LogP contribution in [0.15, 0.2) is 60.7 Å². The molecule has 7 heteroatoms. The van der Waals surface area contributed by atoms with Crippen molar-refractivity contribution < 1.29 is 14.7 Å². The van der Waals surface area contributed by atoms with Gasteiger partial charge in [0.15, 0.2) is 12.1 Å². The second kappa shape index (κ2) is 19.6. The molecular formula is C24H32N4O3. The van der Waals surface area contributed by atoms with E-state index in [0.29, 0.717) is 12.1 Å². The lowest BCUT2D eigenvalue weighted by Crippen LogP contribution is -2.16. The van der Waals surface area contributed by atoms with E-state index in [0.717, 1.165) is 11.3 Å². The number of carboxylic acids is 1. The molecule has 0 saturated heterocycles. The zero-order valence-electron chi connectivity index (χ0n) is 18.8. The molecule has 0 radical (unpaired) electrons. The molecule has 0 atom stereocenters. The van der Waals surface area contributed by atoms with Gasteiger partial charge in [0.25, 0.3) is 0 Å². The number of hydrogen-bond acceptors (Lipinski definition) is 5. The van der Waals surface area contributed by atoms with Crippen molar-refractivity contribution in [2.75, 3.05) is 13.6 Å². The first-order valence-electron chi connectivity index (χ1n) is 9.88. The van der Waals surface area contributed by atoms with Crippen LogP contribution in [-0.4, -0.2) is 45.7 Å². The van der Waals surface area contributed by atoms with E-state index in [1.165, 1.54) is 0 Å². The van der Waals surface area contributed by atoms with Crippen LogP contribution >= 0.6 is 0 Å². The number of nitrogens with zero attached hydrogens (tertiary/aromatic N) is 3. The first-order chi connectivity index (χ1) is 15.2. The third-order valence-electron chi connectivity index (χ3n) is 3.09. The first kappa shape index (κ1) is 29.4. The number of para-hydroxylation sites is 1. The number of aromatic nitrogens is 3. The molecule has 2 N–H and O–H groups in total. The lowest BCUT2D eigenvalue weighted by Gasteiger charge is -2.05. The fraction of sp³-hybridized carbons (Fsp3) is 0.250. The minimum atomic E-state index is -0.822. The van der Waals surface area contributed by atoms with Crippen molar-refractivity contribution >= 4 is 12.3 Å². The number of rotatable bonds is 5. The molecule has 0 bridgehead atoms. The summed E-state index contributed by atoms with van der Waals surface area (Å²) in [6.45, 7) is 8.04. The maximum atomic E-state index is 10.9. The Morgan fingerprint density at radius 3 is 1.87 bits per heavy atom. The highest BCUT2D eigenvalue weighted by Gasteiger charge is 2.12. The van der Waals surface area contributed by atoms with Gasteiger partial charge in [-0.2, -0.15) is 0 Å². The molecule has 0 aliphatic carbocycles. The molecule has 0 unspecified atom stereocenters. The summed E-state index contributed by atoms with van der Waals surface area (Å²) in [5.41, 5.74) is 1.80. The van der Waals surface area contributed by atoms with Crippen LogP contribution in [0.25, 0.3) is 17.1 Å². The number of aliphatic carboxylic acids is 1. The summed E-state index contributed by atoms with van der Waals surface area (Å²) in [4.78, 5) is 24.7. The van der Waals surface area contributed by atoms with Crippen molar-refractivity contribution in [2.24, 2.45) is 0 Å². The SMILES string of the molecule is C#C.CC.CC.CNCC(=O)O.O=Cc1nc(-c2ccccc2)n(-c2ccccc2)n1. The van der Waals surface area contributed by atoms with Crippen molar-refractivity contribution in [3.8, 4) is 29.9 Å². The molecule has 31 heavy (non-hydrogen) atoms. The summed E-state index contributed by atoms with van der Waals surface area (Å²) in [6.07, 6.45) is 8.66. The Balaban J connectivity index is 0. The van der Waals surface area contributed by atoms with Gasteiger partial charge in [-0.05, 0) is 19.2 Å². The number of hydrogen-bond donors (Lipinski definition) is 2. The lowest BCUT2D eigenvalue weighted by molar-refractivity contribution is -0.135. The van der Waals surface area contributed by atoms with Crippen LogP contribution in [0.1, 0.15) is 38.3 Å². The summed E-state index contributed by atoms with van der Waals surface area (Å²) in [5, 5.41) is 14.5. The predicted molar refractivity (Wildman–Crippen MR) is 126 cm³/mol. The second-order valence-electron chi connectivity index (χ2n) is 4.95. The zero-order chi connectivity index (χ0) is 24.1. The van der Waals surface area contributed by atoms with Gasteiger partial charge < -0.3 is 10.4 Å². The number of benzene rings is 2. The third kappa shape index (κ3) is 11.1. The number of likely N-dealkylation sites (N-methyl/N-ethyl adjacent to an activating group) is 1. The summed E-state index contributed by atoms with van der Waals surface area (Å²) >= 11 is 0. The van der Waals surface area contributed by atoms with Gasteiger partial charge >= 0.3 is 5.97 Å². The molecule has 1 aromatic heterocycles. The Bertz CT molecular complexity index is 803. The van der Waals surface area contributed by atoms with Gasteiger partial charge in [0.05, 0.1) is 12.2 Å². The van der Waals surface area contributed by atoms with E-state index in [4.69, 9.17) is 5.11 Å². The van der Waals surface area contributed by atoms with Gasteiger partial charge in [-0.15, -0.1) is 17.9 Å². The van der Waals surface area contributed by atoms with E-state index in [2.05, 4.69) is 28.2 Å². The smallest absolute Gasteiger partial charge is 0.317 e. The Labute approximate surface area is 185 Å². The summed E-state index contributed by atoms with van der Waals surface area (Å²) in [6, 6.07) is 19.3. The van der Waals surface area contributed by atoms with Crippen molar-refractivity contribution in [2.45, 2.75) is 27.7 Å². The molecule has 0 aliphatic rings. The van der Waals surface area contributed by atoms with Crippen LogP contribution in [0.3, 0.4) is 0 Å². The quantitative estimate of drug-likeness (QED) is 0.467. The van der Waals surface area contributed by atoms with Crippen LogP contribution in [-0.2, 0) is 4.79 Å². The van der Waals surface area contributed by atoms with Crippen molar-refractivity contribution in [1.82, 2.24) is 20.1 Å². The Hall–Kier alpha value is -3.76. The highest BCUT2D eigenvalue weighted by Crippen LogP contribution is 2.20. The van der Waals surface area contributed by atoms with Gasteiger partial charge in [0.2, 0.25) is 5.82 Å². The third-order valence-corrected chi connectivity index (χ3v) is 3.09. The summed E-state index contributed by atoms with van der Waals surface area (Å²) in [5.74, 6) is 0.0223. The Kier molecular flexibility index (Phi) is 18.6. The first-order valence-corrected chi connectivity index (χ1v) is 9.88. The fourth-order valence-corrected chi connectivity index (χ4v) is 2.05. The Morgan fingerprint density at radius 2 is 1.48 bits per heavy atom. The van der Waals surface area contributed by atoms with E-state index >= 15 is 0 Å². The number of aldehydes is 1. The minimum Gasteiger partial charge on any atom is -0.480 e. The predicted octanol–water partition coefficient (Wildman–Crippen LogP) is 4.34. The number of nitrogens with one attached hydrogen (secondary N) is 1. The molecule has 7 nitrogen and oxygen atoms in total. The number of carbonyl (C=O) groups is 2. The van der Waals surface area contributed by atoms with Crippen molar-refractivity contribution in [3.05, 3.63) is 66.5 Å². The highest BCUT2D eigenvalue weighted by molar-refractivity contribution is 5.71. The van der Waals surface area contributed by atoms with E-state index in [1.807, 2.05) is 88.4 Å². The molecule has 1 heterocycles. The molecular weight excluding hydrogens is 392 g/mol. The van der Waals surface area contributed by atoms with E-state index in [9.17, 15) is 9.59 Å². The molecule has 0 fully saturated rings. The molecule has 0 aliphatic heterocycles. The van der Waals surface area contributed by atoms with Crippen LogP contribution in [0.4, 0.5) is 0 Å². The van der Waals surface area contributed by atoms with Gasteiger partial charge in [-0.25, -0.2) is 9.67 Å². The van der Waals surface area contributed by atoms with Gasteiger partial charge in [-0.1, -0.05) is 76.2 Å². The highest BCUT2D eigenvalue weighted by atomic mass is 16.4. The molecule has 3 rings (SSSR count). The standard InChI is InChI=1S/C15H11N3O.C3H7NO2.2C2H6.C2H2/c19-11-14-16-15(12-7-3-1-4-8-12)18(17-14)13-9-5-2-6-10-13;1-4-2-3(5)6;3*1-2/h1-11H;4H,2H2,1H3,(H,5,6);2*1-2H3;1-2H. The van der Waals surface area contributed by atoms with Crippen LogP contribution < -0.4 is 5.32 Å². The van der Waals surface area contributed by atoms with Crippen LogP contribution in [0, 0.1) is 12.8 Å². The molecule has 3 aromatic rings. The van der Waals surface area contributed by atoms with Crippen molar-refractivity contribution in [3.63, 3.8) is 0 Å². The number of carboxylic acid groups (broad SMARTS) is 1. The van der Waals surface area contributed by atoms with Crippen LogP contribution in [0.5, 0.6) is 0 Å². The molecule has 0 saturated carbocycles. The fourth-order valence-electron chi connectivity index (χ4n) is 2.05. The maximum absolute atomic E-state index is 10.9. The number of carbonyl (C=O) groups excluding carboxylic acids is 1. The van der Waals surface area contributed by atoms with Gasteiger partial charge in [0.1, 0.15) is 0 Å². The number of terminal acetylenes is 1. The molecule has 2 aromatic carbocycles.